The van der Waals surface area contributed by atoms with Gasteiger partial charge in [-0.1, -0.05) is 58.8 Å². The molecule has 0 fully saturated rings. The van der Waals surface area contributed by atoms with Gasteiger partial charge in [0.05, 0.1) is 31.2 Å². The van der Waals surface area contributed by atoms with Crippen LogP contribution < -0.4 is 14.8 Å². The fourth-order valence-electron chi connectivity index (χ4n) is 3.18. The topological polar surface area (TPSA) is 60.7 Å². The van der Waals surface area contributed by atoms with E-state index in [9.17, 15) is 9.59 Å². The zero-order valence-electron chi connectivity index (χ0n) is 15.7. The highest BCUT2D eigenvalue weighted by molar-refractivity contribution is 7.15. The Hall–Kier alpha value is -3.19. The maximum absolute atomic E-state index is 12.8. The van der Waals surface area contributed by atoms with Crippen LogP contribution in [0.4, 0.5) is 0 Å². The minimum atomic E-state index is -0.538. The number of para-hydroxylation sites is 2. The van der Waals surface area contributed by atoms with Crippen LogP contribution >= 0.6 is 34.5 Å². The maximum atomic E-state index is 12.8. The molecule has 152 valence electrons. The minimum Gasteiger partial charge on any atom is -0.423 e. The minimum absolute atomic E-state index is 0.108. The van der Waals surface area contributed by atoms with E-state index in [1.807, 2.05) is 24.3 Å². The number of benzene rings is 3. The van der Waals surface area contributed by atoms with Gasteiger partial charge in [0.25, 0.3) is 5.56 Å². The Balaban J connectivity index is 1.42. The summed E-state index contributed by atoms with van der Waals surface area (Å²) in [4.78, 5) is 30.3. The number of carbonyl (C=O) groups excluding carboxylic acids is 1. The highest BCUT2D eigenvalue weighted by Crippen LogP contribution is 2.24. The van der Waals surface area contributed by atoms with Gasteiger partial charge < -0.3 is 4.74 Å². The largest absolute Gasteiger partial charge is 0.423 e. The van der Waals surface area contributed by atoms with E-state index in [-0.39, 0.29) is 10.6 Å². The molecule has 0 atom stereocenters. The van der Waals surface area contributed by atoms with Crippen LogP contribution in [0.25, 0.3) is 22.1 Å². The van der Waals surface area contributed by atoms with Gasteiger partial charge in [-0.3, -0.25) is 4.79 Å². The standard InChI is InChI=1S/C23H12Cl2N2O3S/c24-16-10-7-14(12-17(16)25)22(29)30-15-8-5-13(6-9-15)11-20-21(28)27-19-4-2-1-3-18(19)26-23(27)31-20/h1-12H. The van der Waals surface area contributed by atoms with E-state index < -0.39 is 5.97 Å². The molecule has 0 saturated heterocycles. The average molecular weight is 467 g/mol. The summed E-state index contributed by atoms with van der Waals surface area (Å²) < 4.78 is 7.58. The molecule has 5 nitrogen and oxygen atoms in total. The Morgan fingerprint density at radius 2 is 1.77 bits per heavy atom. The van der Waals surface area contributed by atoms with Gasteiger partial charge in [-0.15, -0.1) is 0 Å². The predicted octanol–water partition coefficient (Wildman–Crippen LogP) is 4.98. The molecule has 0 radical (unpaired) electrons. The first kappa shape index (κ1) is 19.8. The predicted molar refractivity (Wildman–Crippen MR) is 123 cm³/mol. The van der Waals surface area contributed by atoms with E-state index in [4.69, 9.17) is 27.9 Å². The van der Waals surface area contributed by atoms with Crippen molar-refractivity contribution in [1.29, 1.82) is 0 Å². The van der Waals surface area contributed by atoms with Crippen LogP contribution in [-0.2, 0) is 0 Å². The van der Waals surface area contributed by atoms with Gasteiger partial charge in [-0.2, -0.15) is 0 Å². The molecule has 5 rings (SSSR count). The van der Waals surface area contributed by atoms with Gasteiger partial charge in [0, 0.05) is 0 Å². The number of hydrogen-bond donors (Lipinski definition) is 0. The lowest BCUT2D eigenvalue weighted by Gasteiger charge is -2.05. The van der Waals surface area contributed by atoms with Crippen molar-refractivity contribution in [2.45, 2.75) is 0 Å². The first-order valence-electron chi connectivity index (χ1n) is 9.18. The number of imidazole rings is 1. The number of carbonyl (C=O) groups is 1. The smallest absolute Gasteiger partial charge is 0.343 e. The number of aromatic nitrogens is 2. The van der Waals surface area contributed by atoms with Crippen molar-refractivity contribution in [3.8, 4) is 5.75 Å². The van der Waals surface area contributed by atoms with Gasteiger partial charge in [-0.05, 0) is 54.1 Å². The monoisotopic (exact) mass is 466 g/mol. The van der Waals surface area contributed by atoms with E-state index in [0.717, 1.165) is 16.6 Å². The second-order valence-corrected chi connectivity index (χ2v) is 8.55. The van der Waals surface area contributed by atoms with Gasteiger partial charge in [0.15, 0.2) is 4.96 Å². The highest BCUT2D eigenvalue weighted by atomic mass is 35.5. The maximum Gasteiger partial charge on any atom is 0.343 e. The van der Waals surface area contributed by atoms with Crippen molar-refractivity contribution in [2.24, 2.45) is 0 Å². The van der Waals surface area contributed by atoms with Gasteiger partial charge in [-0.25, -0.2) is 14.2 Å². The third-order valence-corrected chi connectivity index (χ3v) is 6.40. The van der Waals surface area contributed by atoms with Crippen LogP contribution in [0.15, 0.2) is 71.5 Å². The Morgan fingerprint density at radius 3 is 2.55 bits per heavy atom. The number of fused-ring (bicyclic) bond motifs is 3. The molecule has 0 unspecified atom stereocenters. The summed E-state index contributed by atoms with van der Waals surface area (Å²) in [6, 6.07) is 19.0. The van der Waals surface area contributed by atoms with Crippen molar-refractivity contribution in [3.05, 3.63) is 103 Å². The highest BCUT2D eigenvalue weighted by Gasteiger charge is 2.12. The fourth-order valence-corrected chi connectivity index (χ4v) is 4.47. The van der Waals surface area contributed by atoms with Crippen LogP contribution in [0.3, 0.4) is 0 Å². The summed E-state index contributed by atoms with van der Waals surface area (Å²) in [6.07, 6.45) is 1.79. The van der Waals surface area contributed by atoms with Crippen LogP contribution in [0, 0.1) is 0 Å². The molecule has 0 saturated carbocycles. The Bertz CT molecular complexity index is 1570. The van der Waals surface area contributed by atoms with Crippen molar-refractivity contribution < 1.29 is 9.53 Å². The Morgan fingerprint density at radius 1 is 1.00 bits per heavy atom. The molecular formula is C23H12Cl2N2O3S. The second-order valence-electron chi connectivity index (χ2n) is 6.72. The number of thiazole rings is 1. The molecule has 0 aliphatic heterocycles. The molecule has 0 spiro atoms. The van der Waals surface area contributed by atoms with Crippen LogP contribution in [0.1, 0.15) is 15.9 Å². The number of ether oxygens (including phenoxy) is 1. The summed E-state index contributed by atoms with van der Waals surface area (Å²) in [5.74, 6) is -0.161. The molecule has 2 heterocycles. The summed E-state index contributed by atoms with van der Waals surface area (Å²) in [7, 11) is 0. The van der Waals surface area contributed by atoms with Gasteiger partial charge in [0.1, 0.15) is 5.75 Å². The summed E-state index contributed by atoms with van der Waals surface area (Å²) >= 11 is 13.2. The van der Waals surface area contributed by atoms with Crippen molar-refractivity contribution in [1.82, 2.24) is 9.38 Å². The van der Waals surface area contributed by atoms with Crippen LogP contribution in [-0.4, -0.2) is 15.4 Å². The molecule has 3 aromatic carbocycles. The molecule has 8 heteroatoms. The lowest BCUT2D eigenvalue weighted by molar-refractivity contribution is 0.0735. The third-order valence-electron chi connectivity index (χ3n) is 4.69. The first-order valence-corrected chi connectivity index (χ1v) is 10.8. The SMILES string of the molecule is O=C(Oc1ccc(C=c2sc3nc4ccccc4n3c2=O)cc1)c1ccc(Cl)c(Cl)c1. The molecule has 0 aliphatic carbocycles. The number of rotatable bonds is 3. The lowest BCUT2D eigenvalue weighted by Crippen LogP contribution is -2.22. The molecule has 0 N–H and O–H groups in total. The van der Waals surface area contributed by atoms with Gasteiger partial charge >= 0.3 is 5.97 Å². The zero-order valence-corrected chi connectivity index (χ0v) is 18.0. The molecule has 2 aromatic heterocycles. The number of nitrogens with zero attached hydrogens (tertiary/aromatic N) is 2. The first-order chi connectivity index (χ1) is 15.0. The molecule has 5 aromatic rings. The van der Waals surface area contributed by atoms with Crippen molar-refractivity contribution >= 4 is 62.6 Å². The normalized spacial score (nSPS) is 12.0. The molecule has 0 aliphatic rings. The number of esters is 1. The lowest BCUT2D eigenvalue weighted by atomic mass is 10.2. The fraction of sp³-hybridized carbons (Fsp3) is 0. The number of hydrogen-bond acceptors (Lipinski definition) is 5. The second kappa shape index (κ2) is 7.81. The van der Waals surface area contributed by atoms with E-state index in [1.54, 1.807) is 46.9 Å². The van der Waals surface area contributed by atoms with E-state index in [1.165, 1.54) is 17.4 Å². The van der Waals surface area contributed by atoms with Crippen molar-refractivity contribution in [2.75, 3.05) is 0 Å². The number of halogens is 2. The Labute approximate surface area is 189 Å². The third kappa shape index (κ3) is 3.70. The summed E-state index contributed by atoms with van der Waals surface area (Å²) in [5.41, 5.74) is 2.59. The Kier molecular flexibility index (Phi) is 4.98. The van der Waals surface area contributed by atoms with Crippen LogP contribution in [0.5, 0.6) is 5.75 Å². The molecule has 0 amide bonds. The molecule has 31 heavy (non-hydrogen) atoms. The summed E-state index contributed by atoms with van der Waals surface area (Å²) in [6.45, 7) is 0. The summed E-state index contributed by atoms with van der Waals surface area (Å²) in [5, 5.41) is 0.648. The molecule has 0 bridgehead atoms. The van der Waals surface area contributed by atoms with E-state index in [2.05, 4.69) is 4.98 Å². The van der Waals surface area contributed by atoms with Crippen molar-refractivity contribution in [3.63, 3.8) is 0 Å². The zero-order chi connectivity index (χ0) is 21.5. The molecular weight excluding hydrogens is 455 g/mol. The quantitative estimate of drug-likeness (QED) is 0.277. The van der Waals surface area contributed by atoms with E-state index in [0.29, 0.717) is 25.8 Å². The average Bonchev–Trinajstić information content (AvgIpc) is 3.27. The van der Waals surface area contributed by atoms with E-state index >= 15 is 0 Å². The van der Waals surface area contributed by atoms with Gasteiger partial charge in [0.2, 0.25) is 0 Å². The van der Waals surface area contributed by atoms with Crippen LogP contribution in [0.2, 0.25) is 10.0 Å².